The van der Waals surface area contributed by atoms with E-state index in [1.54, 1.807) is 54.6 Å². The van der Waals surface area contributed by atoms with Crippen molar-refractivity contribution in [3.05, 3.63) is 106 Å². The first-order valence-corrected chi connectivity index (χ1v) is 8.46. The summed E-state index contributed by atoms with van der Waals surface area (Å²) in [5.41, 5.74) is -0.844. The molecule has 29 heavy (non-hydrogen) atoms. The first-order valence-electron chi connectivity index (χ1n) is 8.46. The fourth-order valence-electron chi connectivity index (χ4n) is 2.67. The van der Waals surface area contributed by atoms with E-state index < -0.39 is 33.6 Å². The van der Waals surface area contributed by atoms with Crippen molar-refractivity contribution in [2.45, 2.75) is 0 Å². The summed E-state index contributed by atoms with van der Waals surface area (Å²) in [5.74, 6) is -2.66. The van der Waals surface area contributed by atoms with E-state index in [2.05, 4.69) is 5.10 Å². The smallest absolute Gasteiger partial charge is 0.279 e. The van der Waals surface area contributed by atoms with E-state index in [4.69, 9.17) is 0 Å². The van der Waals surface area contributed by atoms with Crippen LogP contribution in [0.25, 0.3) is 0 Å². The first-order chi connectivity index (χ1) is 14.0. The molecule has 3 aromatic carbocycles. The highest BCUT2D eigenvalue weighted by atomic mass is 16.6. The summed E-state index contributed by atoms with van der Waals surface area (Å²) < 4.78 is 0. The summed E-state index contributed by atoms with van der Waals surface area (Å²) in [5, 5.41) is 28.0. The Bertz CT molecular complexity index is 1080. The van der Waals surface area contributed by atoms with Crippen molar-refractivity contribution >= 4 is 29.5 Å². The minimum Gasteiger partial charge on any atom is -0.545 e. The van der Waals surface area contributed by atoms with Crippen LogP contribution in [-0.2, 0) is 0 Å². The van der Waals surface area contributed by atoms with Gasteiger partial charge in [0.15, 0.2) is 0 Å². The van der Waals surface area contributed by atoms with Crippen molar-refractivity contribution in [3.8, 4) is 0 Å². The Hall–Kier alpha value is -4.33. The van der Waals surface area contributed by atoms with Crippen LogP contribution in [0.1, 0.15) is 26.3 Å². The van der Waals surface area contributed by atoms with E-state index in [9.17, 15) is 24.8 Å². The number of hydrogen-bond donors (Lipinski definition) is 0. The molecule has 144 valence electrons. The maximum atomic E-state index is 13.2. The Morgan fingerprint density at radius 3 is 2.10 bits per heavy atom. The highest BCUT2D eigenvalue weighted by Crippen LogP contribution is 2.25. The van der Waals surface area contributed by atoms with Gasteiger partial charge in [-0.1, -0.05) is 54.6 Å². The van der Waals surface area contributed by atoms with Gasteiger partial charge in [-0.2, -0.15) is 10.1 Å². The van der Waals surface area contributed by atoms with Crippen LogP contribution >= 0.6 is 0 Å². The molecule has 0 bridgehead atoms. The van der Waals surface area contributed by atoms with Crippen molar-refractivity contribution in [2.24, 2.45) is 5.10 Å². The zero-order valence-corrected chi connectivity index (χ0v) is 15.0. The van der Waals surface area contributed by atoms with E-state index in [1.165, 1.54) is 18.3 Å². The predicted molar refractivity (Wildman–Crippen MR) is 105 cm³/mol. The number of hydrogen-bond acceptors (Lipinski definition) is 6. The molecule has 3 rings (SSSR count). The number of anilines is 1. The van der Waals surface area contributed by atoms with Crippen LogP contribution < -0.4 is 10.1 Å². The maximum absolute atomic E-state index is 13.2. The third-order valence-corrected chi connectivity index (χ3v) is 3.99. The average Bonchev–Trinajstić information content (AvgIpc) is 2.74. The molecule has 0 heterocycles. The van der Waals surface area contributed by atoms with E-state index in [-0.39, 0.29) is 0 Å². The molecule has 0 unspecified atom stereocenters. The van der Waals surface area contributed by atoms with Gasteiger partial charge in [-0.15, -0.1) is 0 Å². The molecular formula is C21H14N3O5-. The number of hydrazone groups is 1. The van der Waals surface area contributed by atoms with Crippen molar-refractivity contribution < 1.29 is 19.6 Å². The zero-order chi connectivity index (χ0) is 20.8. The number of aromatic carboxylic acids is 1. The number of nitro groups is 1. The summed E-state index contributed by atoms with van der Waals surface area (Å²) in [4.78, 5) is 35.1. The lowest BCUT2D eigenvalue weighted by Crippen LogP contribution is -2.31. The summed E-state index contributed by atoms with van der Waals surface area (Å²) in [6.07, 6.45) is 1.43. The molecule has 0 fully saturated rings. The normalized spacial score (nSPS) is 10.6. The van der Waals surface area contributed by atoms with Crippen LogP contribution in [0, 0.1) is 10.1 Å². The Labute approximate surface area is 165 Å². The van der Waals surface area contributed by atoms with Crippen LogP contribution in [0.4, 0.5) is 11.4 Å². The lowest BCUT2D eigenvalue weighted by Gasteiger charge is -2.19. The average molecular weight is 388 g/mol. The van der Waals surface area contributed by atoms with Gasteiger partial charge < -0.3 is 9.90 Å². The third kappa shape index (κ3) is 4.33. The fourth-order valence-corrected chi connectivity index (χ4v) is 2.67. The topological polar surface area (TPSA) is 116 Å². The zero-order valence-electron chi connectivity index (χ0n) is 15.0. The number of benzene rings is 3. The van der Waals surface area contributed by atoms with Crippen LogP contribution in [0.2, 0.25) is 0 Å². The lowest BCUT2D eigenvalue weighted by atomic mass is 10.0. The van der Waals surface area contributed by atoms with E-state index in [0.29, 0.717) is 11.3 Å². The molecule has 8 nitrogen and oxygen atoms in total. The minimum absolute atomic E-state index is 0.362. The third-order valence-electron chi connectivity index (χ3n) is 3.99. The van der Waals surface area contributed by atoms with E-state index in [0.717, 1.165) is 11.1 Å². The molecule has 0 aromatic heterocycles. The van der Waals surface area contributed by atoms with E-state index in [1.807, 2.05) is 6.07 Å². The highest BCUT2D eigenvalue weighted by molar-refractivity contribution is 6.13. The molecule has 0 aliphatic heterocycles. The van der Waals surface area contributed by atoms with Gasteiger partial charge in [0.05, 0.1) is 33.9 Å². The van der Waals surface area contributed by atoms with Gasteiger partial charge in [0.2, 0.25) is 0 Å². The molecule has 0 saturated carbocycles. The molecule has 0 aliphatic rings. The molecule has 3 aromatic rings. The summed E-state index contributed by atoms with van der Waals surface area (Å²) >= 11 is 0. The number of rotatable bonds is 6. The van der Waals surface area contributed by atoms with Crippen LogP contribution in [0.3, 0.4) is 0 Å². The van der Waals surface area contributed by atoms with Gasteiger partial charge in [-0.05, 0) is 23.8 Å². The van der Waals surface area contributed by atoms with Gasteiger partial charge in [0.1, 0.15) is 0 Å². The summed E-state index contributed by atoms with van der Waals surface area (Å²) in [6, 6.07) is 20.7. The Balaban J connectivity index is 2.11. The number of nitrogens with zero attached hydrogens (tertiary/aromatic N) is 3. The van der Waals surface area contributed by atoms with E-state index >= 15 is 0 Å². The predicted octanol–water partition coefficient (Wildman–Crippen LogP) is 2.64. The summed E-state index contributed by atoms with van der Waals surface area (Å²) in [7, 11) is 0. The number of carbonyl (C=O) groups is 2. The molecule has 0 N–H and O–H groups in total. The van der Waals surface area contributed by atoms with Crippen molar-refractivity contribution in [1.82, 2.24) is 0 Å². The molecule has 0 radical (unpaired) electrons. The van der Waals surface area contributed by atoms with Gasteiger partial charge in [0.25, 0.3) is 11.6 Å². The minimum atomic E-state index is -1.82. The van der Waals surface area contributed by atoms with Crippen molar-refractivity contribution in [2.75, 3.05) is 5.01 Å². The number of carboxylic acids is 1. The van der Waals surface area contributed by atoms with Crippen LogP contribution in [0.15, 0.2) is 84.0 Å². The molecule has 8 heteroatoms. The number of nitro benzene ring substituents is 1. The Kier molecular flexibility index (Phi) is 5.74. The highest BCUT2D eigenvalue weighted by Gasteiger charge is 2.26. The second-order valence-corrected chi connectivity index (χ2v) is 5.85. The number of carbonyl (C=O) groups excluding carboxylic acids is 2. The number of para-hydroxylation sites is 1. The Morgan fingerprint density at radius 1 is 0.897 bits per heavy atom. The largest absolute Gasteiger partial charge is 0.545 e. The van der Waals surface area contributed by atoms with Crippen molar-refractivity contribution in [1.29, 1.82) is 0 Å². The molecule has 1 amide bonds. The number of amides is 1. The second kappa shape index (κ2) is 8.57. The Morgan fingerprint density at radius 2 is 1.52 bits per heavy atom. The standard InChI is InChI=1S/C21H15N3O5/c25-20(17-12-7-13-18(24(28)29)19(17)21(26)27)23(16-10-5-2-6-11-16)22-14-15-8-3-1-4-9-15/h1-14H,(H,26,27)/p-1/b22-14-. The van der Waals surface area contributed by atoms with Crippen LogP contribution in [0.5, 0.6) is 0 Å². The monoisotopic (exact) mass is 388 g/mol. The summed E-state index contributed by atoms with van der Waals surface area (Å²) in [6.45, 7) is 0. The SMILES string of the molecule is O=C([O-])c1c(C(=O)N(/N=C\c2ccccc2)c2ccccc2)cccc1[N+](=O)[O-]. The lowest BCUT2D eigenvalue weighted by molar-refractivity contribution is -0.385. The molecule has 0 spiro atoms. The molecule has 0 aliphatic carbocycles. The van der Waals surface area contributed by atoms with Gasteiger partial charge in [-0.25, -0.2) is 0 Å². The quantitative estimate of drug-likeness (QED) is 0.366. The molecular weight excluding hydrogens is 374 g/mol. The van der Waals surface area contributed by atoms with Gasteiger partial charge in [-0.3, -0.25) is 14.9 Å². The van der Waals surface area contributed by atoms with Crippen LogP contribution in [-0.4, -0.2) is 23.0 Å². The maximum Gasteiger partial charge on any atom is 0.279 e. The van der Waals surface area contributed by atoms with Gasteiger partial charge in [0, 0.05) is 6.07 Å². The number of carboxylic acid groups (broad SMARTS) is 1. The molecule has 0 atom stereocenters. The van der Waals surface area contributed by atoms with Gasteiger partial charge >= 0.3 is 0 Å². The first kappa shape index (κ1) is 19.4. The molecule has 0 saturated heterocycles. The fraction of sp³-hybridized carbons (Fsp3) is 0. The van der Waals surface area contributed by atoms with Crippen molar-refractivity contribution in [3.63, 3.8) is 0 Å². The second-order valence-electron chi connectivity index (χ2n) is 5.85.